The number of amides is 2. The van der Waals surface area contributed by atoms with Crippen LogP contribution in [0.1, 0.15) is 68.1 Å². The Kier molecular flexibility index (Phi) is 7.86. The van der Waals surface area contributed by atoms with Crippen molar-refractivity contribution in [2.24, 2.45) is 11.8 Å². The third-order valence-electron chi connectivity index (χ3n) is 8.25. The van der Waals surface area contributed by atoms with Crippen LogP contribution in [0.4, 0.5) is 0 Å². The molecule has 3 aliphatic carbocycles. The zero-order valence-corrected chi connectivity index (χ0v) is 22.4. The SMILES string of the molecule is CN[C@@H](C)C(=O)NC(C(=O)N1CCCC1c1nc(C2C=CC=C3C=CC=CC32)cs1)C1CCC(=O)CC1. The molecule has 0 radical (unpaired) electrons. The number of nitrogens with zero attached hydrogens (tertiary/aromatic N) is 2. The van der Waals surface area contributed by atoms with Gasteiger partial charge < -0.3 is 15.5 Å². The number of aromatic nitrogens is 1. The number of rotatable bonds is 7. The Balaban J connectivity index is 1.35. The smallest absolute Gasteiger partial charge is 0.246 e. The molecule has 0 aromatic carbocycles. The number of hydrogen-bond acceptors (Lipinski definition) is 6. The van der Waals surface area contributed by atoms with Crippen LogP contribution in [0.25, 0.3) is 0 Å². The summed E-state index contributed by atoms with van der Waals surface area (Å²) in [6.45, 7) is 2.44. The maximum atomic E-state index is 14.0. The average molecular weight is 521 g/mol. The van der Waals surface area contributed by atoms with Crippen molar-refractivity contribution in [1.82, 2.24) is 20.5 Å². The lowest BCUT2D eigenvalue weighted by Crippen LogP contribution is -2.55. The average Bonchev–Trinajstić information content (AvgIpc) is 3.61. The molecule has 1 saturated heterocycles. The highest BCUT2D eigenvalue weighted by molar-refractivity contribution is 7.09. The van der Waals surface area contributed by atoms with Gasteiger partial charge >= 0.3 is 0 Å². The lowest BCUT2D eigenvalue weighted by atomic mass is 9.78. The number of fused-ring (bicyclic) bond motifs is 1. The Morgan fingerprint density at radius 3 is 2.68 bits per heavy atom. The molecule has 196 valence electrons. The van der Waals surface area contributed by atoms with Crippen LogP contribution in [0.15, 0.2) is 53.5 Å². The molecule has 1 aliphatic heterocycles. The molecule has 0 spiro atoms. The van der Waals surface area contributed by atoms with E-state index in [1.54, 1.807) is 25.3 Å². The van der Waals surface area contributed by atoms with Crippen LogP contribution < -0.4 is 10.6 Å². The van der Waals surface area contributed by atoms with Gasteiger partial charge in [0.25, 0.3) is 0 Å². The summed E-state index contributed by atoms with van der Waals surface area (Å²) in [5.74, 6) is 0.450. The monoisotopic (exact) mass is 520 g/mol. The molecule has 2 amide bonds. The van der Waals surface area contributed by atoms with E-state index in [9.17, 15) is 14.4 Å². The highest BCUT2D eigenvalue weighted by atomic mass is 32.1. The van der Waals surface area contributed by atoms with E-state index in [2.05, 4.69) is 58.5 Å². The number of nitrogens with one attached hydrogen (secondary N) is 2. The van der Waals surface area contributed by atoms with Crippen molar-refractivity contribution in [3.05, 3.63) is 64.2 Å². The van der Waals surface area contributed by atoms with E-state index >= 15 is 0 Å². The summed E-state index contributed by atoms with van der Waals surface area (Å²) >= 11 is 1.63. The largest absolute Gasteiger partial charge is 0.343 e. The second kappa shape index (κ2) is 11.3. The van der Waals surface area contributed by atoms with Crippen LogP contribution >= 0.6 is 11.3 Å². The molecule has 1 saturated carbocycles. The number of Topliss-reactive ketones (excluding diaryl/α,β-unsaturated/α-hetero) is 1. The summed E-state index contributed by atoms with van der Waals surface area (Å²) in [7, 11) is 1.73. The first kappa shape index (κ1) is 25.8. The van der Waals surface area contributed by atoms with Gasteiger partial charge in [-0.2, -0.15) is 0 Å². The van der Waals surface area contributed by atoms with Crippen molar-refractivity contribution in [3.8, 4) is 0 Å². The van der Waals surface area contributed by atoms with Gasteiger partial charge in [-0.3, -0.25) is 14.4 Å². The summed E-state index contributed by atoms with van der Waals surface area (Å²) in [5.41, 5.74) is 2.34. The fourth-order valence-corrected chi connectivity index (χ4v) is 6.93. The molecular weight excluding hydrogens is 484 g/mol. The molecule has 37 heavy (non-hydrogen) atoms. The van der Waals surface area contributed by atoms with E-state index < -0.39 is 12.1 Å². The zero-order valence-electron chi connectivity index (χ0n) is 21.6. The number of thiazole rings is 1. The lowest BCUT2D eigenvalue weighted by molar-refractivity contribution is -0.140. The van der Waals surface area contributed by atoms with Crippen LogP contribution in [0.2, 0.25) is 0 Å². The minimum Gasteiger partial charge on any atom is -0.343 e. The quantitative estimate of drug-likeness (QED) is 0.568. The predicted octanol–water partition coefficient (Wildman–Crippen LogP) is 3.98. The molecule has 7 nitrogen and oxygen atoms in total. The molecule has 2 N–H and O–H groups in total. The Bertz CT molecular complexity index is 1160. The van der Waals surface area contributed by atoms with E-state index in [0.717, 1.165) is 23.5 Å². The van der Waals surface area contributed by atoms with Crippen LogP contribution in [0, 0.1) is 11.8 Å². The van der Waals surface area contributed by atoms with Crippen LogP contribution in [0.5, 0.6) is 0 Å². The molecule has 2 fully saturated rings. The highest BCUT2D eigenvalue weighted by Gasteiger charge is 2.41. The summed E-state index contributed by atoms with van der Waals surface area (Å²) in [5, 5.41) is 9.10. The third kappa shape index (κ3) is 5.41. The second-order valence-corrected chi connectivity index (χ2v) is 11.4. The van der Waals surface area contributed by atoms with Gasteiger partial charge in [0.05, 0.1) is 17.8 Å². The lowest BCUT2D eigenvalue weighted by Gasteiger charge is -2.34. The maximum Gasteiger partial charge on any atom is 0.246 e. The van der Waals surface area contributed by atoms with Crippen molar-refractivity contribution < 1.29 is 14.4 Å². The first-order valence-corrected chi connectivity index (χ1v) is 14.3. The number of carbonyl (C=O) groups is 3. The minimum atomic E-state index is -0.621. The molecule has 1 aromatic heterocycles. The Morgan fingerprint density at radius 1 is 1.11 bits per heavy atom. The number of likely N-dealkylation sites (N-methyl/N-ethyl adjacent to an activating group) is 1. The highest BCUT2D eigenvalue weighted by Crippen LogP contribution is 2.41. The van der Waals surface area contributed by atoms with Gasteiger partial charge in [0.15, 0.2) is 0 Å². The molecule has 4 aliphatic rings. The van der Waals surface area contributed by atoms with Crippen molar-refractivity contribution in [3.63, 3.8) is 0 Å². The van der Waals surface area contributed by atoms with E-state index in [-0.39, 0.29) is 41.4 Å². The van der Waals surface area contributed by atoms with Crippen LogP contribution in [0.3, 0.4) is 0 Å². The molecule has 4 unspecified atom stereocenters. The second-order valence-electron chi connectivity index (χ2n) is 10.5. The van der Waals surface area contributed by atoms with Crippen LogP contribution in [-0.4, -0.2) is 53.2 Å². The summed E-state index contributed by atoms with van der Waals surface area (Å²) < 4.78 is 0. The number of ketones is 1. The molecule has 5 rings (SSSR count). The number of hydrogen-bond donors (Lipinski definition) is 2. The first-order valence-electron chi connectivity index (χ1n) is 13.4. The van der Waals surface area contributed by atoms with E-state index in [4.69, 9.17) is 4.98 Å². The predicted molar refractivity (Wildman–Crippen MR) is 145 cm³/mol. The number of allylic oxidation sites excluding steroid dienone is 8. The van der Waals surface area contributed by atoms with Crippen molar-refractivity contribution >= 4 is 28.9 Å². The van der Waals surface area contributed by atoms with E-state index in [0.29, 0.717) is 32.2 Å². The standard InChI is InChI=1S/C29H36N4O3S/c1-18(30-2)27(35)32-26(20-12-14-21(34)15-13-20)29(36)33-16-6-11-25(33)28-31-24(17-37-28)23-10-5-8-19-7-3-4-9-22(19)23/h3-5,7-10,17-18,20,22-23,25-26,30H,6,11-16H2,1-2H3,(H,32,35)/t18-,22?,23?,25?,26?/m0/s1. The van der Waals surface area contributed by atoms with Crippen molar-refractivity contribution in [1.29, 1.82) is 0 Å². The first-order chi connectivity index (χ1) is 18.0. The zero-order chi connectivity index (χ0) is 25.9. The van der Waals surface area contributed by atoms with Crippen molar-refractivity contribution in [2.75, 3.05) is 13.6 Å². The number of likely N-dealkylation sites (tertiary alicyclic amines) is 1. The Morgan fingerprint density at radius 2 is 1.89 bits per heavy atom. The molecule has 8 heteroatoms. The molecular formula is C29H36N4O3S. The van der Waals surface area contributed by atoms with E-state index in [1.165, 1.54) is 5.57 Å². The maximum absolute atomic E-state index is 14.0. The fraction of sp³-hybridized carbons (Fsp3) is 0.517. The van der Waals surface area contributed by atoms with Crippen molar-refractivity contribution in [2.45, 2.75) is 69.5 Å². The number of carbonyl (C=O) groups excluding carboxylic acids is 3. The normalized spacial score (nSPS) is 27.1. The molecule has 2 heterocycles. The molecule has 0 bridgehead atoms. The van der Waals surface area contributed by atoms with Gasteiger partial charge in [-0.1, -0.05) is 42.5 Å². The third-order valence-corrected chi connectivity index (χ3v) is 9.21. The Hall–Kier alpha value is -2.84. The summed E-state index contributed by atoms with van der Waals surface area (Å²) in [4.78, 5) is 45.7. The van der Waals surface area contributed by atoms with Crippen LogP contribution in [-0.2, 0) is 14.4 Å². The van der Waals surface area contributed by atoms with Gasteiger partial charge in [-0.25, -0.2) is 4.98 Å². The summed E-state index contributed by atoms with van der Waals surface area (Å²) in [6, 6.07) is -1.10. The van der Waals surface area contributed by atoms with Gasteiger partial charge in [0, 0.05) is 36.6 Å². The Labute approximate surface area is 222 Å². The molecule has 5 atom stereocenters. The van der Waals surface area contributed by atoms with Gasteiger partial charge in [0.2, 0.25) is 11.8 Å². The topological polar surface area (TPSA) is 91.4 Å². The summed E-state index contributed by atoms with van der Waals surface area (Å²) in [6.07, 6.45) is 19.0. The van der Waals surface area contributed by atoms with E-state index in [1.807, 2.05) is 4.90 Å². The molecule has 1 aromatic rings. The fourth-order valence-electron chi connectivity index (χ4n) is 5.91. The minimum absolute atomic E-state index is 0.0324. The van der Waals surface area contributed by atoms with Gasteiger partial charge in [-0.15, -0.1) is 11.3 Å². The van der Waals surface area contributed by atoms with Gasteiger partial charge in [0.1, 0.15) is 16.8 Å². The van der Waals surface area contributed by atoms with Gasteiger partial charge in [-0.05, 0) is 51.1 Å².